The van der Waals surface area contributed by atoms with Crippen LogP contribution in [-0.2, 0) is 14.3 Å². The van der Waals surface area contributed by atoms with Gasteiger partial charge in [0.05, 0.1) is 24.8 Å². The summed E-state index contributed by atoms with van der Waals surface area (Å²) in [5.41, 5.74) is 0.371. The van der Waals surface area contributed by atoms with E-state index in [0.29, 0.717) is 30.3 Å². The highest BCUT2D eigenvalue weighted by Gasteiger charge is 2.46. The Morgan fingerprint density at radius 3 is 2.42 bits per heavy atom. The molecule has 2 fully saturated rings. The SMILES string of the molecule is O=C1C(=O)N(CCN2CCOCC2)[C@@H](c2ccccc2F)C1=C(O)c1ccc(Cl)cc1. The predicted octanol–water partition coefficient (Wildman–Crippen LogP) is 3.23. The van der Waals surface area contributed by atoms with Crippen molar-refractivity contribution in [1.29, 1.82) is 0 Å². The minimum atomic E-state index is -1.02. The van der Waals surface area contributed by atoms with E-state index >= 15 is 0 Å². The summed E-state index contributed by atoms with van der Waals surface area (Å²) in [7, 11) is 0. The number of ketones is 1. The number of hydrogen-bond donors (Lipinski definition) is 1. The van der Waals surface area contributed by atoms with Crippen LogP contribution in [0.1, 0.15) is 17.2 Å². The van der Waals surface area contributed by atoms with Crippen molar-refractivity contribution in [3.8, 4) is 0 Å². The lowest BCUT2D eigenvalue weighted by atomic mass is 9.95. The van der Waals surface area contributed by atoms with E-state index < -0.39 is 23.5 Å². The molecule has 0 aromatic heterocycles. The number of likely N-dealkylation sites (tertiary alicyclic amines) is 1. The molecule has 31 heavy (non-hydrogen) atoms. The molecule has 0 spiro atoms. The summed E-state index contributed by atoms with van der Waals surface area (Å²) < 4.78 is 20.1. The molecule has 0 aliphatic carbocycles. The third kappa shape index (κ3) is 4.35. The zero-order chi connectivity index (χ0) is 22.0. The van der Waals surface area contributed by atoms with Crippen molar-refractivity contribution in [1.82, 2.24) is 9.80 Å². The van der Waals surface area contributed by atoms with Gasteiger partial charge in [-0.3, -0.25) is 14.5 Å². The van der Waals surface area contributed by atoms with E-state index in [1.807, 2.05) is 0 Å². The lowest BCUT2D eigenvalue weighted by Gasteiger charge is -2.31. The quantitative estimate of drug-likeness (QED) is 0.435. The number of carbonyl (C=O) groups is 2. The maximum atomic E-state index is 14.8. The maximum Gasteiger partial charge on any atom is 0.295 e. The van der Waals surface area contributed by atoms with Gasteiger partial charge in [0.15, 0.2) is 0 Å². The van der Waals surface area contributed by atoms with Gasteiger partial charge >= 0.3 is 0 Å². The third-order valence-corrected chi connectivity index (χ3v) is 5.87. The van der Waals surface area contributed by atoms with E-state index in [2.05, 4.69) is 4.90 Å². The van der Waals surface area contributed by atoms with Gasteiger partial charge in [0.25, 0.3) is 11.7 Å². The molecule has 0 radical (unpaired) electrons. The van der Waals surface area contributed by atoms with E-state index in [4.69, 9.17) is 16.3 Å². The Morgan fingerprint density at radius 1 is 1.06 bits per heavy atom. The zero-order valence-electron chi connectivity index (χ0n) is 16.8. The maximum absolute atomic E-state index is 14.8. The molecule has 1 amide bonds. The summed E-state index contributed by atoms with van der Waals surface area (Å²) in [4.78, 5) is 29.3. The molecule has 162 valence electrons. The Hall–Kier alpha value is -2.74. The van der Waals surface area contributed by atoms with E-state index in [0.717, 1.165) is 13.1 Å². The van der Waals surface area contributed by atoms with Crippen molar-refractivity contribution in [3.63, 3.8) is 0 Å². The number of amides is 1. The van der Waals surface area contributed by atoms with Gasteiger partial charge in [-0.05, 0) is 30.3 Å². The number of aliphatic hydroxyl groups is 1. The predicted molar refractivity (Wildman–Crippen MR) is 114 cm³/mol. The van der Waals surface area contributed by atoms with Crippen LogP contribution in [-0.4, -0.2) is 66.0 Å². The third-order valence-electron chi connectivity index (χ3n) is 5.62. The molecule has 0 saturated carbocycles. The van der Waals surface area contributed by atoms with Crippen LogP contribution in [0.4, 0.5) is 4.39 Å². The van der Waals surface area contributed by atoms with Crippen molar-refractivity contribution in [3.05, 3.63) is 76.1 Å². The first-order valence-corrected chi connectivity index (χ1v) is 10.4. The van der Waals surface area contributed by atoms with E-state index in [-0.39, 0.29) is 23.4 Å². The number of morpholine rings is 1. The summed E-state index contributed by atoms with van der Waals surface area (Å²) >= 11 is 5.92. The second kappa shape index (κ2) is 9.18. The molecule has 6 nitrogen and oxygen atoms in total. The highest BCUT2D eigenvalue weighted by Crippen LogP contribution is 2.40. The standard InChI is InChI=1S/C23H22ClFN2O4/c24-16-7-5-15(6-8-16)21(28)19-20(17-3-1-2-4-18(17)25)27(23(30)22(19)29)10-9-26-11-13-31-14-12-26/h1-8,20,28H,9-14H2/t20-/m0/s1. The summed E-state index contributed by atoms with van der Waals surface area (Å²) in [6.07, 6.45) is 0. The van der Waals surface area contributed by atoms with E-state index in [9.17, 15) is 19.1 Å². The Morgan fingerprint density at radius 2 is 1.74 bits per heavy atom. The van der Waals surface area contributed by atoms with Crippen molar-refractivity contribution in [2.45, 2.75) is 6.04 Å². The number of hydrogen-bond acceptors (Lipinski definition) is 5. The van der Waals surface area contributed by atoms with Crippen molar-refractivity contribution < 1.29 is 23.8 Å². The van der Waals surface area contributed by atoms with Crippen LogP contribution in [0.3, 0.4) is 0 Å². The molecule has 4 rings (SSSR count). The molecular formula is C23H22ClFN2O4. The number of carbonyl (C=O) groups excluding carboxylic acids is 2. The average molecular weight is 445 g/mol. The molecule has 2 aromatic carbocycles. The Balaban J connectivity index is 1.75. The Labute approximate surface area is 184 Å². The lowest BCUT2D eigenvalue weighted by molar-refractivity contribution is -0.140. The number of halogens is 2. The smallest absolute Gasteiger partial charge is 0.295 e. The normalized spacial score (nSPS) is 21.6. The van der Waals surface area contributed by atoms with Crippen molar-refractivity contribution in [2.75, 3.05) is 39.4 Å². The number of Topliss-reactive ketones (excluding diaryl/α,β-unsaturated/α-hetero) is 1. The molecule has 2 aromatic rings. The fraction of sp³-hybridized carbons (Fsp3) is 0.304. The second-order valence-electron chi connectivity index (χ2n) is 7.47. The number of benzene rings is 2. The molecule has 2 aliphatic heterocycles. The van der Waals surface area contributed by atoms with Gasteiger partial charge in [-0.1, -0.05) is 29.8 Å². The first-order chi connectivity index (χ1) is 15.0. The van der Waals surface area contributed by atoms with Gasteiger partial charge in [0.1, 0.15) is 11.6 Å². The zero-order valence-corrected chi connectivity index (χ0v) is 17.5. The van der Waals surface area contributed by atoms with Crippen molar-refractivity contribution >= 4 is 29.1 Å². The average Bonchev–Trinajstić information content (AvgIpc) is 3.03. The summed E-state index contributed by atoms with van der Waals surface area (Å²) in [6.45, 7) is 3.39. The molecule has 2 heterocycles. The number of nitrogens with zero attached hydrogens (tertiary/aromatic N) is 2. The summed E-state index contributed by atoms with van der Waals surface area (Å²) in [5.74, 6) is -2.48. The first kappa shape index (κ1) is 21.5. The minimum absolute atomic E-state index is 0.126. The molecule has 2 aliphatic rings. The summed E-state index contributed by atoms with van der Waals surface area (Å²) in [5, 5.41) is 11.4. The fourth-order valence-corrected chi connectivity index (χ4v) is 4.09. The van der Waals surface area contributed by atoms with Crippen LogP contribution >= 0.6 is 11.6 Å². The fourth-order valence-electron chi connectivity index (χ4n) is 3.97. The molecular weight excluding hydrogens is 423 g/mol. The van der Waals surface area contributed by atoms with Crippen LogP contribution < -0.4 is 0 Å². The van der Waals surface area contributed by atoms with Gasteiger partial charge < -0.3 is 14.7 Å². The van der Waals surface area contributed by atoms with E-state index in [1.165, 1.54) is 23.1 Å². The highest BCUT2D eigenvalue weighted by atomic mass is 35.5. The first-order valence-electron chi connectivity index (χ1n) is 10.1. The minimum Gasteiger partial charge on any atom is -0.507 e. The number of ether oxygens (including phenoxy) is 1. The Kier molecular flexibility index (Phi) is 6.36. The van der Waals surface area contributed by atoms with Gasteiger partial charge in [-0.15, -0.1) is 0 Å². The summed E-state index contributed by atoms with van der Waals surface area (Å²) in [6, 6.07) is 11.2. The van der Waals surface area contributed by atoms with Crippen LogP contribution in [0.15, 0.2) is 54.1 Å². The molecule has 2 saturated heterocycles. The molecule has 1 atom stereocenters. The second-order valence-corrected chi connectivity index (χ2v) is 7.91. The van der Waals surface area contributed by atoms with E-state index in [1.54, 1.807) is 30.3 Å². The van der Waals surface area contributed by atoms with Gasteiger partial charge in [-0.25, -0.2) is 4.39 Å². The van der Waals surface area contributed by atoms with Gasteiger partial charge in [0, 0.05) is 42.3 Å². The molecule has 0 bridgehead atoms. The van der Waals surface area contributed by atoms with Gasteiger partial charge in [0.2, 0.25) is 0 Å². The molecule has 0 unspecified atom stereocenters. The largest absolute Gasteiger partial charge is 0.507 e. The molecule has 1 N–H and O–H groups in total. The van der Waals surface area contributed by atoms with Gasteiger partial charge in [-0.2, -0.15) is 0 Å². The number of aliphatic hydroxyl groups excluding tert-OH is 1. The van der Waals surface area contributed by atoms with Crippen LogP contribution in [0.25, 0.3) is 5.76 Å². The Bertz CT molecular complexity index is 1020. The van der Waals surface area contributed by atoms with Crippen LogP contribution in [0.2, 0.25) is 5.02 Å². The topological polar surface area (TPSA) is 70.1 Å². The van der Waals surface area contributed by atoms with Crippen LogP contribution in [0.5, 0.6) is 0 Å². The van der Waals surface area contributed by atoms with Crippen LogP contribution in [0, 0.1) is 5.82 Å². The highest BCUT2D eigenvalue weighted by molar-refractivity contribution is 6.46. The monoisotopic (exact) mass is 444 g/mol. The number of rotatable bonds is 5. The molecule has 8 heteroatoms. The lowest BCUT2D eigenvalue weighted by Crippen LogP contribution is -2.42. The van der Waals surface area contributed by atoms with Crippen molar-refractivity contribution in [2.24, 2.45) is 0 Å².